The summed E-state index contributed by atoms with van der Waals surface area (Å²) in [6.07, 6.45) is 13.7. The highest BCUT2D eigenvalue weighted by atomic mass is 16.1. The summed E-state index contributed by atoms with van der Waals surface area (Å²) in [6, 6.07) is 6.35. The predicted octanol–water partition coefficient (Wildman–Crippen LogP) is 5.50. The number of Topliss-reactive ketones (excluding diaryl/α,β-unsaturated/α-hetero) is 1. The summed E-state index contributed by atoms with van der Waals surface area (Å²) in [4.78, 5) is 42.7. The van der Waals surface area contributed by atoms with Gasteiger partial charge in [-0.15, -0.1) is 0 Å². The van der Waals surface area contributed by atoms with Crippen LogP contribution in [0.5, 0.6) is 0 Å². The summed E-state index contributed by atoms with van der Waals surface area (Å²) in [6.45, 7) is 12.1. The minimum atomic E-state index is -0.476. The van der Waals surface area contributed by atoms with E-state index in [1.807, 2.05) is 53.0 Å². The molecule has 1 aromatic carbocycles. The first-order chi connectivity index (χ1) is 16.4. The molecule has 1 aliphatic carbocycles. The number of rotatable bonds is 5. The van der Waals surface area contributed by atoms with Crippen LogP contribution in [0.3, 0.4) is 0 Å². The molecule has 1 aliphatic heterocycles. The van der Waals surface area contributed by atoms with Gasteiger partial charge >= 0.3 is 0 Å². The lowest BCUT2D eigenvalue weighted by Crippen LogP contribution is -2.26. The fourth-order valence-electron chi connectivity index (χ4n) is 4.47. The van der Waals surface area contributed by atoms with Gasteiger partial charge in [0.15, 0.2) is 5.78 Å². The Kier molecular flexibility index (Phi) is 9.48. The zero-order valence-corrected chi connectivity index (χ0v) is 20.5. The molecule has 0 N–H and O–H groups in total. The molecule has 2 aromatic rings. The molecular formula is C28H33N3O3. The first-order valence-corrected chi connectivity index (χ1v) is 11.4. The Morgan fingerprint density at radius 3 is 2.35 bits per heavy atom. The van der Waals surface area contributed by atoms with Gasteiger partial charge in [-0.25, -0.2) is 9.97 Å². The van der Waals surface area contributed by atoms with Crippen LogP contribution >= 0.6 is 0 Å². The van der Waals surface area contributed by atoms with Crippen LogP contribution in [0.1, 0.15) is 69.3 Å². The van der Waals surface area contributed by atoms with Gasteiger partial charge in [-0.05, 0) is 68.4 Å². The van der Waals surface area contributed by atoms with Gasteiger partial charge in [-0.3, -0.25) is 9.79 Å². The number of aliphatic imine (C=N–C) groups is 1. The fraction of sp³-hybridized carbons (Fsp3) is 0.357. The maximum atomic E-state index is 13.4. The average molecular weight is 460 g/mol. The summed E-state index contributed by atoms with van der Waals surface area (Å²) in [5, 5.41) is 0. The van der Waals surface area contributed by atoms with E-state index in [2.05, 4.69) is 52.2 Å². The van der Waals surface area contributed by atoms with Crippen molar-refractivity contribution in [2.24, 2.45) is 4.99 Å². The lowest BCUT2D eigenvalue weighted by Gasteiger charge is -2.18. The SMILES string of the molecule is C=O.C=O.CCCC1=CCC=C(CC2C(=O)C(C)(C)c3ccc(-c4cnc(C)nc4)cc32)C=N1. The number of benzene rings is 1. The van der Waals surface area contributed by atoms with Gasteiger partial charge in [0.1, 0.15) is 19.4 Å². The van der Waals surface area contributed by atoms with Crippen LogP contribution in [0.15, 0.2) is 59.0 Å². The van der Waals surface area contributed by atoms with E-state index in [1.165, 1.54) is 0 Å². The molecule has 2 heterocycles. The Morgan fingerprint density at radius 1 is 1.03 bits per heavy atom. The van der Waals surface area contributed by atoms with Crippen molar-refractivity contribution in [1.82, 2.24) is 9.97 Å². The van der Waals surface area contributed by atoms with E-state index < -0.39 is 5.41 Å². The standard InChI is InChI=1S/C26H29N3O.2CH2O/c1-5-7-21-9-6-8-18(14-29-21)12-23-22-13-19(20-15-27-17(2)28-16-20)10-11-24(22)26(3,4)25(23)30;2*1-2/h8-11,13-16,23H,5-7,12H2,1-4H3;2*1H2. The summed E-state index contributed by atoms with van der Waals surface area (Å²) >= 11 is 0. The molecule has 1 unspecified atom stereocenters. The summed E-state index contributed by atoms with van der Waals surface area (Å²) in [5.74, 6) is 0.895. The van der Waals surface area contributed by atoms with E-state index >= 15 is 0 Å². The Morgan fingerprint density at radius 2 is 1.71 bits per heavy atom. The highest BCUT2D eigenvalue weighted by Gasteiger charge is 2.45. The maximum Gasteiger partial charge on any atom is 0.150 e. The zero-order chi connectivity index (χ0) is 25.3. The molecule has 178 valence electrons. The molecule has 1 atom stereocenters. The van der Waals surface area contributed by atoms with Gasteiger partial charge < -0.3 is 9.59 Å². The van der Waals surface area contributed by atoms with Crippen molar-refractivity contribution in [1.29, 1.82) is 0 Å². The second kappa shape index (κ2) is 12.1. The topological polar surface area (TPSA) is 89.3 Å². The third-order valence-corrected chi connectivity index (χ3v) is 6.22. The van der Waals surface area contributed by atoms with Crippen molar-refractivity contribution in [3.63, 3.8) is 0 Å². The lowest BCUT2D eigenvalue weighted by molar-refractivity contribution is -0.123. The molecule has 2 aliphatic rings. The number of aromatic nitrogens is 2. The quantitative estimate of drug-likeness (QED) is 0.589. The minimum Gasteiger partial charge on any atom is -0.307 e. The molecule has 0 fully saturated rings. The van der Waals surface area contributed by atoms with Crippen LogP contribution in [-0.4, -0.2) is 35.5 Å². The second-order valence-corrected chi connectivity index (χ2v) is 8.79. The van der Waals surface area contributed by atoms with Crippen LogP contribution in [0.25, 0.3) is 11.1 Å². The molecule has 6 heteroatoms. The van der Waals surface area contributed by atoms with Crippen LogP contribution < -0.4 is 0 Å². The van der Waals surface area contributed by atoms with Crippen molar-refractivity contribution in [3.8, 4) is 11.1 Å². The van der Waals surface area contributed by atoms with Crippen molar-refractivity contribution in [2.45, 2.75) is 64.7 Å². The number of allylic oxidation sites excluding steroid dienone is 4. The van der Waals surface area contributed by atoms with E-state index in [1.54, 1.807) is 0 Å². The minimum absolute atomic E-state index is 0.147. The number of fused-ring (bicyclic) bond motifs is 1. The first kappa shape index (κ1) is 26.7. The van der Waals surface area contributed by atoms with E-state index in [4.69, 9.17) is 9.59 Å². The molecular weight excluding hydrogens is 426 g/mol. The van der Waals surface area contributed by atoms with E-state index in [-0.39, 0.29) is 11.7 Å². The van der Waals surface area contributed by atoms with Crippen molar-refractivity contribution < 1.29 is 14.4 Å². The van der Waals surface area contributed by atoms with Gasteiger partial charge in [0.2, 0.25) is 0 Å². The molecule has 0 spiro atoms. The van der Waals surface area contributed by atoms with E-state index in [0.717, 1.165) is 58.6 Å². The van der Waals surface area contributed by atoms with Crippen LogP contribution in [0.4, 0.5) is 0 Å². The largest absolute Gasteiger partial charge is 0.307 e. The fourth-order valence-corrected chi connectivity index (χ4v) is 4.47. The molecule has 0 amide bonds. The number of carbonyl (C=O) groups is 3. The van der Waals surface area contributed by atoms with E-state index in [9.17, 15) is 4.79 Å². The molecule has 6 nitrogen and oxygen atoms in total. The molecule has 0 radical (unpaired) electrons. The van der Waals surface area contributed by atoms with Gasteiger partial charge in [-0.1, -0.05) is 37.6 Å². The number of nitrogens with zero attached hydrogens (tertiary/aromatic N) is 3. The third kappa shape index (κ3) is 5.68. The number of hydrogen-bond donors (Lipinski definition) is 0. The van der Waals surface area contributed by atoms with Gasteiger partial charge in [0.25, 0.3) is 0 Å². The Labute approximate surface area is 201 Å². The predicted molar refractivity (Wildman–Crippen MR) is 136 cm³/mol. The molecule has 0 bridgehead atoms. The summed E-state index contributed by atoms with van der Waals surface area (Å²) in [5.41, 5.74) is 6.10. The van der Waals surface area contributed by atoms with Crippen LogP contribution in [0, 0.1) is 6.92 Å². The van der Waals surface area contributed by atoms with Crippen LogP contribution in [-0.2, 0) is 19.8 Å². The zero-order valence-electron chi connectivity index (χ0n) is 20.5. The van der Waals surface area contributed by atoms with Crippen molar-refractivity contribution in [3.05, 3.63) is 71.0 Å². The molecule has 0 saturated heterocycles. The highest BCUT2D eigenvalue weighted by molar-refractivity contribution is 6.01. The lowest BCUT2D eigenvalue weighted by atomic mass is 9.84. The number of carbonyl (C=O) groups excluding carboxylic acids is 3. The monoisotopic (exact) mass is 459 g/mol. The molecule has 34 heavy (non-hydrogen) atoms. The van der Waals surface area contributed by atoms with Crippen LogP contribution in [0.2, 0.25) is 0 Å². The first-order valence-electron chi connectivity index (χ1n) is 11.4. The smallest absolute Gasteiger partial charge is 0.150 e. The average Bonchev–Trinajstić information content (AvgIpc) is 3.00. The second-order valence-electron chi connectivity index (χ2n) is 8.79. The highest BCUT2D eigenvalue weighted by Crippen LogP contribution is 2.46. The maximum absolute atomic E-state index is 13.4. The molecule has 0 saturated carbocycles. The van der Waals surface area contributed by atoms with Crippen molar-refractivity contribution >= 4 is 25.6 Å². The normalized spacial score (nSPS) is 17.8. The number of hydrogen-bond acceptors (Lipinski definition) is 6. The number of aryl methyl sites for hydroxylation is 1. The third-order valence-electron chi connectivity index (χ3n) is 6.22. The summed E-state index contributed by atoms with van der Waals surface area (Å²) < 4.78 is 0. The van der Waals surface area contributed by atoms with Crippen molar-refractivity contribution in [2.75, 3.05) is 0 Å². The Balaban J connectivity index is 0.000000970. The summed E-state index contributed by atoms with van der Waals surface area (Å²) in [7, 11) is 0. The van der Waals surface area contributed by atoms with Gasteiger partial charge in [0.05, 0.1) is 0 Å². The molecule has 1 aromatic heterocycles. The van der Waals surface area contributed by atoms with Gasteiger partial charge in [0, 0.05) is 41.2 Å². The van der Waals surface area contributed by atoms with Gasteiger partial charge in [-0.2, -0.15) is 0 Å². The molecule has 4 rings (SSSR count). The Bertz CT molecular complexity index is 1100. The Hall–Kier alpha value is -3.54. The number of ketones is 1. The van der Waals surface area contributed by atoms with E-state index in [0.29, 0.717) is 6.42 Å².